The minimum absolute atomic E-state index is 0.313. The van der Waals surface area contributed by atoms with E-state index in [-0.39, 0.29) is 0 Å². The smallest absolute Gasteiger partial charge is 0.185 e. The monoisotopic (exact) mass is 244 g/mol. The van der Waals surface area contributed by atoms with E-state index >= 15 is 0 Å². The molecule has 0 amide bonds. The second kappa shape index (κ2) is 4.94. The standard InChI is InChI=1S/C10H13ClN2OS/c11-9-8(6-14)15-10(13-9)12-7-4-2-1-3-5-7/h6-7H,1-5H2,(H,12,13). The van der Waals surface area contributed by atoms with E-state index < -0.39 is 0 Å². The summed E-state index contributed by atoms with van der Waals surface area (Å²) in [5.74, 6) is 0. The number of nitrogens with one attached hydrogen (secondary N) is 1. The number of nitrogens with zero attached hydrogens (tertiary/aromatic N) is 1. The van der Waals surface area contributed by atoms with E-state index in [1.807, 2.05) is 0 Å². The van der Waals surface area contributed by atoms with E-state index in [2.05, 4.69) is 10.3 Å². The van der Waals surface area contributed by atoms with Crippen LogP contribution in [0, 0.1) is 0 Å². The summed E-state index contributed by atoms with van der Waals surface area (Å²) < 4.78 is 0. The van der Waals surface area contributed by atoms with E-state index in [4.69, 9.17) is 11.6 Å². The Morgan fingerprint density at radius 2 is 2.13 bits per heavy atom. The second-order valence-corrected chi connectivity index (χ2v) is 5.16. The van der Waals surface area contributed by atoms with Crippen LogP contribution in [0.2, 0.25) is 5.15 Å². The zero-order chi connectivity index (χ0) is 10.7. The van der Waals surface area contributed by atoms with E-state index in [1.165, 1.54) is 43.4 Å². The van der Waals surface area contributed by atoms with Crippen LogP contribution in [0.5, 0.6) is 0 Å². The maximum Gasteiger partial charge on any atom is 0.185 e. The van der Waals surface area contributed by atoms with E-state index in [0.29, 0.717) is 16.1 Å². The van der Waals surface area contributed by atoms with Gasteiger partial charge in [-0.3, -0.25) is 4.79 Å². The number of aldehydes is 1. The van der Waals surface area contributed by atoms with Crippen molar-refractivity contribution >= 4 is 34.4 Å². The van der Waals surface area contributed by atoms with Crippen molar-refractivity contribution in [1.82, 2.24) is 4.98 Å². The zero-order valence-corrected chi connectivity index (χ0v) is 9.90. The number of halogens is 1. The minimum Gasteiger partial charge on any atom is -0.359 e. The first kappa shape index (κ1) is 10.9. The van der Waals surface area contributed by atoms with Gasteiger partial charge in [0.25, 0.3) is 0 Å². The third-order valence-electron chi connectivity index (χ3n) is 2.65. The number of thiazole rings is 1. The highest BCUT2D eigenvalue weighted by molar-refractivity contribution is 7.17. The van der Waals surface area contributed by atoms with E-state index in [0.717, 1.165) is 11.4 Å². The summed E-state index contributed by atoms with van der Waals surface area (Å²) in [5, 5.41) is 4.43. The average molecular weight is 245 g/mol. The van der Waals surface area contributed by atoms with Gasteiger partial charge in [-0.05, 0) is 12.8 Å². The first-order valence-electron chi connectivity index (χ1n) is 5.17. The number of hydrogen-bond acceptors (Lipinski definition) is 4. The summed E-state index contributed by atoms with van der Waals surface area (Å²) in [5.41, 5.74) is 0. The molecule has 1 aliphatic rings. The van der Waals surface area contributed by atoms with Crippen molar-refractivity contribution < 1.29 is 4.79 Å². The van der Waals surface area contributed by atoms with Gasteiger partial charge < -0.3 is 5.32 Å². The van der Waals surface area contributed by atoms with Crippen molar-refractivity contribution in [3.8, 4) is 0 Å². The molecule has 1 N–H and O–H groups in total. The van der Waals surface area contributed by atoms with Gasteiger partial charge in [0, 0.05) is 6.04 Å². The summed E-state index contributed by atoms with van der Waals surface area (Å²) in [7, 11) is 0. The van der Waals surface area contributed by atoms with Gasteiger partial charge in [-0.1, -0.05) is 42.2 Å². The first-order chi connectivity index (χ1) is 7.29. The van der Waals surface area contributed by atoms with Crippen LogP contribution in [0.4, 0.5) is 5.13 Å². The third-order valence-corrected chi connectivity index (χ3v) is 3.96. The van der Waals surface area contributed by atoms with Crippen molar-refractivity contribution in [2.24, 2.45) is 0 Å². The molecule has 1 aliphatic carbocycles. The quantitative estimate of drug-likeness (QED) is 0.829. The molecule has 1 aromatic rings. The van der Waals surface area contributed by atoms with Crippen LogP contribution in [0.1, 0.15) is 41.8 Å². The summed E-state index contributed by atoms with van der Waals surface area (Å²) in [6, 6.07) is 0.500. The predicted octanol–water partition coefficient (Wildman–Crippen LogP) is 3.35. The van der Waals surface area contributed by atoms with Gasteiger partial charge in [0.05, 0.1) is 0 Å². The fourth-order valence-corrected chi connectivity index (χ4v) is 2.91. The number of aromatic nitrogens is 1. The summed E-state index contributed by atoms with van der Waals surface area (Å²) in [4.78, 5) is 15.2. The van der Waals surface area contributed by atoms with Crippen LogP contribution < -0.4 is 5.32 Å². The van der Waals surface area contributed by atoms with Crippen LogP contribution in [-0.2, 0) is 0 Å². The summed E-state index contributed by atoms with van der Waals surface area (Å²) >= 11 is 7.12. The lowest BCUT2D eigenvalue weighted by Gasteiger charge is -2.22. The predicted molar refractivity (Wildman–Crippen MR) is 63.0 cm³/mol. The van der Waals surface area contributed by atoms with Gasteiger partial charge in [-0.15, -0.1) is 0 Å². The van der Waals surface area contributed by atoms with Crippen LogP contribution in [-0.4, -0.2) is 17.3 Å². The molecule has 1 heterocycles. The van der Waals surface area contributed by atoms with E-state index in [1.54, 1.807) is 0 Å². The van der Waals surface area contributed by atoms with Gasteiger partial charge in [0.2, 0.25) is 0 Å². The number of rotatable bonds is 3. The molecule has 1 fully saturated rings. The Morgan fingerprint density at radius 1 is 1.40 bits per heavy atom. The van der Waals surface area contributed by atoms with E-state index in [9.17, 15) is 4.79 Å². The Labute approximate surface area is 97.9 Å². The Bertz CT molecular complexity index is 347. The lowest BCUT2D eigenvalue weighted by molar-refractivity contribution is 0.112. The third kappa shape index (κ3) is 2.69. The molecular weight excluding hydrogens is 232 g/mol. The Kier molecular flexibility index (Phi) is 3.59. The molecule has 1 saturated carbocycles. The molecule has 0 spiro atoms. The molecule has 0 bridgehead atoms. The van der Waals surface area contributed by atoms with Crippen molar-refractivity contribution in [1.29, 1.82) is 0 Å². The molecule has 0 radical (unpaired) electrons. The second-order valence-electron chi connectivity index (χ2n) is 3.77. The van der Waals surface area contributed by atoms with Crippen LogP contribution in [0.3, 0.4) is 0 Å². The SMILES string of the molecule is O=Cc1sc(NC2CCCCC2)nc1Cl. The maximum atomic E-state index is 10.6. The fourth-order valence-electron chi connectivity index (χ4n) is 1.87. The normalized spacial score (nSPS) is 17.7. The molecule has 15 heavy (non-hydrogen) atoms. The maximum absolute atomic E-state index is 10.6. The number of carbonyl (C=O) groups is 1. The Morgan fingerprint density at radius 3 is 2.73 bits per heavy atom. The molecule has 0 aliphatic heterocycles. The van der Waals surface area contributed by atoms with Crippen LogP contribution in [0.15, 0.2) is 0 Å². The zero-order valence-electron chi connectivity index (χ0n) is 8.33. The average Bonchev–Trinajstić information content (AvgIpc) is 2.60. The van der Waals surface area contributed by atoms with Gasteiger partial charge in [0.15, 0.2) is 16.6 Å². The molecule has 82 valence electrons. The number of anilines is 1. The Balaban J connectivity index is 2.00. The van der Waals surface area contributed by atoms with Crippen LogP contribution in [0.25, 0.3) is 0 Å². The fraction of sp³-hybridized carbons (Fsp3) is 0.600. The van der Waals surface area contributed by atoms with Crippen molar-refractivity contribution in [3.63, 3.8) is 0 Å². The molecule has 1 aromatic heterocycles. The summed E-state index contributed by atoms with van der Waals surface area (Å²) in [6.07, 6.45) is 7.01. The molecular formula is C10H13ClN2OS. The van der Waals surface area contributed by atoms with Gasteiger partial charge in [0.1, 0.15) is 4.88 Å². The molecule has 0 saturated heterocycles. The minimum atomic E-state index is 0.313. The highest BCUT2D eigenvalue weighted by atomic mass is 35.5. The highest BCUT2D eigenvalue weighted by Crippen LogP contribution is 2.28. The van der Waals surface area contributed by atoms with Gasteiger partial charge in [-0.25, -0.2) is 4.98 Å². The lowest BCUT2D eigenvalue weighted by Crippen LogP contribution is -2.21. The Hall–Kier alpha value is -0.610. The largest absolute Gasteiger partial charge is 0.359 e. The molecule has 0 unspecified atom stereocenters. The first-order valence-corrected chi connectivity index (χ1v) is 6.37. The topological polar surface area (TPSA) is 42.0 Å². The molecule has 2 rings (SSSR count). The highest BCUT2D eigenvalue weighted by Gasteiger charge is 2.15. The number of hydrogen-bond donors (Lipinski definition) is 1. The van der Waals surface area contributed by atoms with Crippen molar-refractivity contribution in [3.05, 3.63) is 10.0 Å². The number of carbonyl (C=O) groups excluding carboxylic acids is 1. The molecule has 3 nitrogen and oxygen atoms in total. The molecule has 5 heteroatoms. The molecule has 0 aromatic carbocycles. The summed E-state index contributed by atoms with van der Waals surface area (Å²) in [6.45, 7) is 0. The van der Waals surface area contributed by atoms with Gasteiger partial charge in [-0.2, -0.15) is 0 Å². The van der Waals surface area contributed by atoms with Crippen molar-refractivity contribution in [2.45, 2.75) is 38.1 Å². The lowest BCUT2D eigenvalue weighted by atomic mass is 9.96. The van der Waals surface area contributed by atoms with Crippen LogP contribution >= 0.6 is 22.9 Å². The molecule has 0 atom stereocenters. The van der Waals surface area contributed by atoms with Gasteiger partial charge >= 0.3 is 0 Å². The van der Waals surface area contributed by atoms with Crippen molar-refractivity contribution in [2.75, 3.05) is 5.32 Å².